The first-order valence-corrected chi connectivity index (χ1v) is 9.26. The number of nitrogens with one attached hydrogen (secondary N) is 2. The summed E-state index contributed by atoms with van der Waals surface area (Å²) >= 11 is 0. The van der Waals surface area contributed by atoms with Crippen molar-refractivity contribution in [3.63, 3.8) is 0 Å². The lowest BCUT2D eigenvalue weighted by atomic mass is 9.98. The number of nitrogens with zero attached hydrogens (tertiary/aromatic N) is 2. The van der Waals surface area contributed by atoms with E-state index in [1.54, 1.807) is 10.9 Å². The molecule has 0 fully saturated rings. The summed E-state index contributed by atoms with van der Waals surface area (Å²) in [6.07, 6.45) is 1.70. The molecule has 140 valence electrons. The molecule has 2 aromatic carbocycles. The zero-order valence-corrected chi connectivity index (χ0v) is 16.0. The van der Waals surface area contributed by atoms with Gasteiger partial charge in [-0.05, 0) is 31.9 Å². The van der Waals surface area contributed by atoms with Gasteiger partial charge in [0.2, 0.25) is 5.91 Å². The average Bonchev–Trinajstić information content (AvgIpc) is 3.15. The maximum absolute atomic E-state index is 12.8. The molecule has 27 heavy (non-hydrogen) atoms. The van der Waals surface area contributed by atoms with Crippen LogP contribution in [-0.2, 0) is 4.79 Å². The molecule has 1 amide bonds. The third-order valence-corrected chi connectivity index (χ3v) is 4.49. The lowest BCUT2D eigenvalue weighted by Gasteiger charge is -2.24. The number of amides is 1. The highest BCUT2D eigenvalue weighted by atomic mass is 16.2. The molecule has 0 aliphatic rings. The summed E-state index contributed by atoms with van der Waals surface area (Å²) in [4.78, 5) is 12.8. The first kappa shape index (κ1) is 18.9. The van der Waals surface area contributed by atoms with Crippen LogP contribution in [0.25, 0.3) is 0 Å². The minimum absolute atomic E-state index is 0.0665. The van der Waals surface area contributed by atoms with Crippen molar-refractivity contribution < 1.29 is 4.79 Å². The highest BCUT2D eigenvalue weighted by Gasteiger charge is 2.21. The fourth-order valence-electron chi connectivity index (χ4n) is 3.06. The Labute approximate surface area is 160 Å². The zero-order chi connectivity index (χ0) is 19.2. The van der Waals surface area contributed by atoms with Crippen molar-refractivity contribution in [1.29, 1.82) is 0 Å². The Hall–Kier alpha value is -2.92. The maximum atomic E-state index is 12.8. The Morgan fingerprint density at radius 3 is 1.96 bits per heavy atom. The van der Waals surface area contributed by atoms with Crippen LogP contribution in [0.5, 0.6) is 0 Å². The second-order valence-corrected chi connectivity index (χ2v) is 6.89. The number of rotatable bonds is 7. The van der Waals surface area contributed by atoms with Gasteiger partial charge in [0.1, 0.15) is 5.82 Å². The van der Waals surface area contributed by atoms with Gasteiger partial charge in [-0.2, -0.15) is 5.10 Å². The van der Waals surface area contributed by atoms with Gasteiger partial charge >= 0.3 is 0 Å². The number of anilines is 1. The summed E-state index contributed by atoms with van der Waals surface area (Å²) in [5, 5.41) is 10.7. The fourth-order valence-corrected chi connectivity index (χ4v) is 3.06. The van der Waals surface area contributed by atoms with E-state index in [0.29, 0.717) is 5.82 Å². The van der Waals surface area contributed by atoms with Crippen LogP contribution >= 0.6 is 0 Å². The van der Waals surface area contributed by atoms with Gasteiger partial charge in [-0.15, -0.1) is 0 Å². The molecular weight excluding hydrogens is 336 g/mol. The van der Waals surface area contributed by atoms with Gasteiger partial charge in [-0.3, -0.25) is 10.1 Å². The number of carbonyl (C=O) groups excluding carboxylic acids is 1. The predicted octanol–water partition coefficient (Wildman–Crippen LogP) is 4.17. The van der Waals surface area contributed by atoms with Crippen LogP contribution in [0.1, 0.15) is 44.0 Å². The Kier molecular flexibility index (Phi) is 6.04. The molecule has 0 aliphatic heterocycles. The first-order chi connectivity index (χ1) is 13.1. The van der Waals surface area contributed by atoms with Crippen molar-refractivity contribution in [2.75, 3.05) is 5.32 Å². The molecule has 0 spiro atoms. The van der Waals surface area contributed by atoms with Gasteiger partial charge in [-0.25, -0.2) is 4.68 Å². The molecule has 0 saturated carbocycles. The van der Waals surface area contributed by atoms with Crippen LogP contribution in [0.15, 0.2) is 72.9 Å². The molecule has 5 heteroatoms. The minimum Gasteiger partial charge on any atom is -0.310 e. The van der Waals surface area contributed by atoms with Crippen LogP contribution in [0.3, 0.4) is 0 Å². The molecule has 5 nitrogen and oxygen atoms in total. The lowest BCUT2D eigenvalue weighted by molar-refractivity contribution is -0.117. The van der Waals surface area contributed by atoms with Crippen LogP contribution in [0.4, 0.5) is 5.82 Å². The monoisotopic (exact) mass is 362 g/mol. The normalized spacial score (nSPS) is 12.3. The molecule has 1 atom stereocenters. The van der Waals surface area contributed by atoms with Gasteiger partial charge in [0.25, 0.3) is 0 Å². The molecule has 2 N–H and O–H groups in total. The van der Waals surface area contributed by atoms with Gasteiger partial charge < -0.3 is 5.32 Å². The molecule has 1 heterocycles. The van der Waals surface area contributed by atoms with Crippen molar-refractivity contribution in [2.45, 2.75) is 38.9 Å². The first-order valence-electron chi connectivity index (χ1n) is 9.26. The van der Waals surface area contributed by atoms with E-state index < -0.39 is 0 Å². The molecule has 0 radical (unpaired) electrons. The number of benzene rings is 2. The SMILES string of the molecule is CC(C)n1nccc1NC(=O)[C@H](C)NC(c1ccccc1)c1ccccc1. The van der Waals surface area contributed by atoms with Crippen molar-refractivity contribution in [1.82, 2.24) is 15.1 Å². The molecule has 0 bridgehead atoms. The summed E-state index contributed by atoms with van der Waals surface area (Å²) in [5.41, 5.74) is 2.24. The standard InChI is InChI=1S/C22H26N4O/c1-16(2)26-20(14-15-23-26)25-22(27)17(3)24-21(18-10-6-4-7-11-18)19-12-8-5-9-13-19/h4-17,21,24H,1-3H3,(H,25,27)/t17-/m0/s1. The van der Waals surface area contributed by atoms with E-state index in [1.807, 2.05) is 63.2 Å². The van der Waals surface area contributed by atoms with Crippen LogP contribution in [0.2, 0.25) is 0 Å². The van der Waals surface area contributed by atoms with E-state index in [9.17, 15) is 4.79 Å². The third-order valence-electron chi connectivity index (χ3n) is 4.49. The largest absolute Gasteiger partial charge is 0.310 e. The number of aromatic nitrogens is 2. The van der Waals surface area contributed by atoms with Gasteiger partial charge in [0, 0.05) is 12.1 Å². The Bertz CT molecular complexity index is 819. The Morgan fingerprint density at radius 2 is 1.44 bits per heavy atom. The van der Waals surface area contributed by atoms with Crippen LogP contribution in [-0.4, -0.2) is 21.7 Å². The number of hydrogen-bond acceptors (Lipinski definition) is 3. The summed E-state index contributed by atoms with van der Waals surface area (Å²) in [7, 11) is 0. The number of carbonyl (C=O) groups is 1. The van der Waals surface area contributed by atoms with Gasteiger partial charge in [-0.1, -0.05) is 60.7 Å². The Morgan fingerprint density at radius 1 is 0.889 bits per heavy atom. The van der Waals surface area contributed by atoms with Crippen molar-refractivity contribution in [2.24, 2.45) is 0 Å². The lowest BCUT2D eigenvalue weighted by Crippen LogP contribution is -2.41. The second kappa shape index (κ2) is 8.64. The summed E-state index contributed by atoms with van der Waals surface area (Å²) < 4.78 is 1.80. The second-order valence-electron chi connectivity index (χ2n) is 6.89. The minimum atomic E-state index is -0.383. The quantitative estimate of drug-likeness (QED) is 0.663. The van der Waals surface area contributed by atoms with E-state index in [-0.39, 0.29) is 24.0 Å². The molecule has 0 aliphatic carbocycles. The van der Waals surface area contributed by atoms with Crippen molar-refractivity contribution in [3.8, 4) is 0 Å². The van der Waals surface area contributed by atoms with Crippen molar-refractivity contribution in [3.05, 3.63) is 84.1 Å². The zero-order valence-electron chi connectivity index (χ0n) is 16.0. The molecule has 0 saturated heterocycles. The number of hydrogen-bond donors (Lipinski definition) is 2. The fraction of sp³-hybridized carbons (Fsp3) is 0.273. The smallest absolute Gasteiger partial charge is 0.242 e. The third kappa shape index (κ3) is 4.63. The molecule has 0 unspecified atom stereocenters. The maximum Gasteiger partial charge on any atom is 0.242 e. The highest BCUT2D eigenvalue weighted by molar-refractivity contribution is 5.93. The Balaban J connectivity index is 1.77. The topological polar surface area (TPSA) is 59.0 Å². The summed E-state index contributed by atoms with van der Waals surface area (Å²) in [6.45, 7) is 5.95. The van der Waals surface area contributed by atoms with Gasteiger partial charge in [0.15, 0.2) is 0 Å². The van der Waals surface area contributed by atoms with E-state index in [1.165, 1.54) is 0 Å². The van der Waals surface area contributed by atoms with Crippen LogP contribution in [0, 0.1) is 0 Å². The average molecular weight is 362 g/mol. The predicted molar refractivity (Wildman–Crippen MR) is 109 cm³/mol. The molecule has 1 aromatic heterocycles. The summed E-state index contributed by atoms with van der Waals surface area (Å²) in [5.74, 6) is 0.619. The van der Waals surface area contributed by atoms with E-state index >= 15 is 0 Å². The molecular formula is C22H26N4O. The van der Waals surface area contributed by atoms with E-state index in [4.69, 9.17) is 0 Å². The van der Waals surface area contributed by atoms with Crippen molar-refractivity contribution >= 4 is 11.7 Å². The van der Waals surface area contributed by atoms with E-state index in [2.05, 4.69) is 40.0 Å². The highest BCUT2D eigenvalue weighted by Crippen LogP contribution is 2.22. The molecule has 3 rings (SSSR count). The van der Waals surface area contributed by atoms with Gasteiger partial charge in [0.05, 0.1) is 18.3 Å². The van der Waals surface area contributed by atoms with E-state index in [0.717, 1.165) is 11.1 Å². The summed E-state index contributed by atoms with van der Waals surface area (Å²) in [6, 6.07) is 21.9. The molecule has 3 aromatic rings. The van der Waals surface area contributed by atoms with Crippen LogP contribution < -0.4 is 10.6 Å².